The number of rotatable bonds is 0. The molecule has 2 heterocycles. The molecule has 11 heavy (non-hydrogen) atoms. The number of hydrogen-bond acceptors (Lipinski definition) is 1. The molecule has 0 N–H and O–H groups in total. The Labute approximate surface area is 69.8 Å². The summed E-state index contributed by atoms with van der Waals surface area (Å²) in [5.74, 6) is 2.10. The van der Waals surface area contributed by atoms with E-state index < -0.39 is 0 Å². The van der Waals surface area contributed by atoms with E-state index >= 15 is 0 Å². The Morgan fingerprint density at radius 1 is 1.00 bits per heavy atom. The van der Waals surface area contributed by atoms with Crippen LogP contribution in [0.2, 0.25) is 0 Å². The third kappa shape index (κ3) is 1.31. The van der Waals surface area contributed by atoms with Crippen LogP contribution in [0.25, 0.3) is 0 Å². The average molecular weight is 153 g/mol. The third-order valence-corrected chi connectivity index (χ3v) is 3.24. The molecule has 0 amide bonds. The van der Waals surface area contributed by atoms with E-state index in [-0.39, 0.29) is 0 Å². The van der Waals surface area contributed by atoms with E-state index in [1.54, 1.807) is 0 Å². The topological polar surface area (TPSA) is 3.24 Å². The van der Waals surface area contributed by atoms with Crippen LogP contribution in [0.1, 0.15) is 33.6 Å². The highest BCUT2D eigenvalue weighted by Gasteiger charge is 2.40. The first-order valence-corrected chi connectivity index (χ1v) is 4.81. The van der Waals surface area contributed by atoms with Crippen LogP contribution >= 0.6 is 0 Å². The molecule has 3 fully saturated rings. The summed E-state index contributed by atoms with van der Waals surface area (Å²) in [6, 6.07) is 0. The Morgan fingerprint density at radius 3 is 1.73 bits per heavy atom. The van der Waals surface area contributed by atoms with Gasteiger partial charge in [0.1, 0.15) is 0 Å². The second kappa shape index (κ2) is 2.22. The maximum Gasteiger partial charge on any atom is 0.0125 e. The molecule has 1 aliphatic carbocycles. The summed E-state index contributed by atoms with van der Waals surface area (Å²) < 4.78 is 0. The van der Waals surface area contributed by atoms with E-state index in [4.69, 9.17) is 0 Å². The molecule has 0 spiro atoms. The van der Waals surface area contributed by atoms with Gasteiger partial charge in [-0.15, -0.1) is 0 Å². The highest BCUT2D eigenvalue weighted by molar-refractivity contribution is 4.93. The fraction of sp³-hybridized carbons (Fsp3) is 1.00. The Kier molecular flexibility index (Phi) is 1.54. The zero-order valence-corrected chi connectivity index (χ0v) is 7.93. The van der Waals surface area contributed by atoms with Crippen LogP contribution in [-0.4, -0.2) is 23.5 Å². The molecule has 64 valence electrons. The van der Waals surface area contributed by atoms with Crippen LogP contribution in [0.4, 0.5) is 0 Å². The van der Waals surface area contributed by atoms with Gasteiger partial charge in [-0.2, -0.15) is 0 Å². The lowest BCUT2D eigenvalue weighted by Gasteiger charge is -2.52. The highest BCUT2D eigenvalue weighted by atomic mass is 15.2. The first kappa shape index (κ1) is 7.60. The smallest absolute Gasteiger partial charge is 0.0125 e. The molecule has 1 saturated carbocycles. The third-order valence-electron chi connectivity index (χ3n) is 3.24. The molecular weight excluding hydrogens is 134 g/mol. The van der Waals surface area contributed by atoms with Gasteiger partial charge in [-0.1, -0.05) is 0 Å². The van der Waals surface area contributed by atoms with Gasteiger partial charge in [-0.3, -0.25) is 4.90 Å². The van der Waals surface area contributed by atoms with E-state index in [1.807, 2.05) is 0 Å². The molecular formula is C10H19N. The Morgan fingerprint density at radius 2 is 1.45 bits per heavy atom. The lowest BCUT2D eigenvalue weighted by atomic mass is 9.70. The van der Waals surface area contributed by atoms with Crippen molar-refractivity contribution in [2.24, 2.45) is 11.8 Å². The Hall–Kier alpha value is -0.0400. The van der Waals surface area contributed by atoms with Gasteiger partial charge in [-0.05, 0) is 45.4 Å². The van der Waals surface area contributed by atoms with Crippen LogP contribution < -0.4 is 0 Å². The first-order valence-electron chi connectivity index (χ1n) is 4.81. The van der Waals surface area contributed by atoms with Crippen molar-refractivity contribution in [3.63, 3.8) is 0 Å². The molecule has 0 radical (unpaired) electrons. The second-order valence-corrected chi connectivity index (χ2v) is 5.28. The SMILES string of the molecule is CC(C)(C)N1C[C@H]2C[C@@H](C1)C2. The van der Waals surface area contributed by atoms with Crippen molar-refractivity contribution in [2.75, 3.05) is 13.1 Å². The quantitative estimate of drug-likeness (QED) is 0.515. The number of fused-ring (bicyclic) bond motifs is 2. The van der Waals surface area contributed by atoms with Gasteiger partial charge in [0.15, 0.2) is 0 Å². The van der Waals surface area contributed by atoms with E-state index in [0.29, 0.717) is 5.54 Å². The number of hydrogen-bond donors (Lipinski definition) is 0. The Bertz CT molecular complexity index is 141. The van der Waals surface area contributed by atoms with Crippen molar-refractivity contribution in [3.05, 3.63) is 0 Å². The summed E-state index contributed by atoms with van der Waals surface area (Å²) >= 11 is 0. The average Bonchev–Trinajstić information content (AvgIpc) is 1.84. The maximum absolute atomic E-state index is 2.65. The van der Waals surface area contributed by atoms with Gasteiger partial charge in [-0.25, -0.2) is 0 Å². The monoisotopic (exact) mass is 153 g/mol. The molecule has 3 rings (SSSR count). The minimum Gasteiger partial charge on any atom is -0.298 e. The van der Waals surface area contributed by atoms with Crippen molar-refractivity contribution in [1.82, 2.24) is 4.90 Å². The largest absolute Gasteiger partial charge is 0.298 e. The van der Waals surface area contributed by atoms with Gasteiger partial charge < -0.3 is 0 Å². The van der Waals surface area contributed by atoms with Crippen molar-refractivity contribution >= 4 is 0 Å². The fourth-order valence-electron chi connectivity index (χ4n) is 2.42. The highest BCUT2D eigenvalue weighted by Crippen LogP contribution is 2.41. The normalized spacial score (nSPS) is 38.5. The molecule has 3 aliphatic rings. The zero-order valence-electron chi connectivity index (χ0n) is 7.93. The predicted molar refractivity (Wildman–Crippen MR) is 47.5 cm³/mol. The van der Waals surface area contributed by atoms with Gasteiger partial charge in [0.25, 0.3) is 0 Å². The summed E-state index contributed by atoms with van der Waals surface area (Å²) in [6.45, 7) is 9.72. The molecule has 2 bridgehead atoms. The summed E-state index contributed by atoms with van der Waals surface area (Å²) in [6.07, 6.45) is 3.04. The van der Waals surface area contributed by atoms with Crippen molar-refractivity contribution < 1.29 is 0 Å². The van der Waals surface area contributed by atoms with Crippen LogP contribution in [0.15, 0.2) is 0 Å². The van der Waals surface area contributed by atoms with Gasteiger partial charge in [0, 0.05) is 18.6 Å². The maximum atomic E-state index is 2.65. The first-order chi connectivity index (χ1) is 5.05. The van der Waals surface area contributed by atoms with Crippen molar-refractivity contribution in [1.29, 1.82) is 0 Å². The predicted octanol–water partition coefficient (Wildman–Crippen LogP) is 2.13. The molecule has 0 aromatic carbocycles. The molecule has 0 atom stereocenters. The van der Waals surface area contributed by atoms with Crippen LogP contribution in [0.5, 0.6) is 0 Å². The van der Waals surface area contributed by atoms with Crippen LogP contribution in [0, 0.1) is 11.8 Å². The van der Waals surface area contributed by atoms with E-state index in [0.717, 1.165) is 11.8 Å². The lowest BCUT2D eigenvalue weighted by molar-refractivity contribution is -0.0225. The molecule has 2 aliphatic heterocycles. The zero-order chi connectivity index (χ0) is 8.06. The van der Waals surface area contributed by atoms with Gasteiger partial charge in [0.2, 0.25) is 0 Å². The minimum atomic E-state index is 0.414. The Balaban J connectivity index is 1.97. The van der Waals surface area contributed by atoms with Crippen molar-refractivity contribution in [2.45, 2.75) is 39.2 Å². The molecule has 0 aromatic rings. The molecule has 1 nitrogen and oxygen atoms in total. The summed E-state index contributed by atoms with van der Waals surface area (Å²) in [7, 11) is 0. The standard InChI is InChI=1S/C10H19N/c1-10(2,3)11-6-8-4-9(5-8)7-11/h8-9H,4-7H2,1-3H3/t8-,9+. The molecule has 0 aromatic heterocycles. The van der Waals surface area contributed by atoms with E-state index in [1.165, 1.54) is 25.9 Å². The lowest BCUT2D eigenvalue weighted by Crippen LogP contribution is -2.55. The summed E-state index contributed by atoms with van der Waals surface area (Å²) in [5, 5.41) is 0. The molecule has 1 heteroatoms. The molecule has 2 saturated heterocycles. The summed E-state index contributed by atoms with van der Waals surface area (Å²) in [5.41, 5.74) is 0.414. The molecule has 0 unspecified atom stereocenters. The second-order valence-electron chi connectivity index (χ2n) is 5.28. The fourth-order valence-corrected chi connectivity index (χ4v) is 2.42. The van der Waals surface area contributed by atoms with Gasteiger partial charge in [0.05, 0.1) is 0 Å². The van der Waals surface area contributed by atoms with Gasteiger partial charge >= 0.3 is 0 Å². The van der Waals surface area contributed by atoms with Crippen molar-refractivity contribution in [3.8, 4) is 0 Å². The number of nitrogens with zero attached hydrogens (tertiary/aromatic N) is 1. The minimum absolute atomic E-state index is 0.414. The summed E-state index contributed by atoms with van der Waals surface area (Å²) in [4.78, 5) is 2.65. The van der Waals surface area contributed by atoms with E-state index in [2.05, 4.69) is 25.7 Å². The number of piperidine rings is 2. The van der Waals surface area contributed by atoms with Crippen LogP contribution in [0.3, 0.4) is 0 Å². The van der Waals surface area contributed by atoms with E-state index in [9.17, 15) is 0 Å². The van der Waals surface area contributed by atoms with Crippen LogP contribution in [-0.2, 0) is 0 Å².